The lowest BCUT2D eigenvalue weighted by Gasteiger charge is -2.16. The average Bonchev–Trinajstić information content (AvgIpc) is 2.57. The summed E-state index contributed by atoms with van der Waals surface area (Å²) < 4.78 is 1.90. The van der Waals surface area contributed by atoms with Crippen molar-refractivity contribution in [3.63, 3.8) is 0 Å². The largest absolute Gasteiger partial charge is 0.513 e. The van der Waals surface area contributed by atoms with Gasteiger partial charge in [-0.1, -0.05) is 25.5 Å². The maximum absolute atomic E-state index is 12.2. The molecule has 0 saturated heterocycles. The van der Waals surface area contributed by atoms with E-state index in [1.165, 1.54) is 0 Å². The minimum atomic E-state index is -0.661. The molecule has 0 radical (unpaired) electrons. The van der Waals surface area contributed by atoms with Gasteiger partial charge in [-0.2, -0.15) is 4.98 Å². The van der Waals surface area contributed by atoms with E-state index in [-0.39, 0.29) is 11.5 Å². The Morgan fingerprint density at radius 3 is 2.73 bits per heavy atom. The molecule has 0 bridgehead atoms. The number of fused-ring (bicyclic) bond motifs is 2. The van der Waals surface area contributed by atoms with Gasteiger partial charge in [-0.05, 0) is 37.5 Å². The molecule has 0 spiro atoms. The zero-order chi connectivity index (χ0) is 18.7. The Hall–Kier alpha value is -2.96. The Morgan fingerprint density at radius 2 is 1.96 bits per heavy atom. The number of H-pyrrole nitrogens is 1. The number of hydrogen-bond donors (Lipinski definition) is 2. The molecule has 136 valence electrons. The number of aliphatic hydroxyl groups is 1. The number of nitrogens with one attached hydrogen (secondary N) is 1. The van der Waals surface area contributed by atoms with Crippen LogP contribution in [0.2, 0.25) is 0 Å². The maximum atomic E-state index is 12.2. The molecule has 0 amide bonds. The van der Waals surface area contributed by atoms with E-state index in [9.17, 15) is 9.59 Å². The van der Waals surface area contributed by atoms with Crippen molar-refractivity contribution in [2.24, 2.45) is 0 Å². The SMILES string of the molecule is C=C(O)CCCCCCn1c2nc(=O)[nH]c(=O)c-2nc2cc(C)ccc21. The van der Waals surface area contributed by atoms with Gasteiger partial charge in [-0.15, -0.1) is 0 Å². The van der Waals surface area contributed by atoms with Gasteiger partial charge < -0.3 is 9.67 Å². The molecule has 0 aliphatic carbocycles. The molecule has 2 heterocycles. The van der Waals surface area contributed by atoms with Crippen molar-refractivity contribution >= 4 is 11.0 Å². The van der Waals surface area contributed by atoms with Crippen LogP contribution in [0.5, 0.6) is 0 Å². The summed E-state index contributed by atoms with van der Waals surface area (Å²) in [7, 11) is 0. The standard InChI is InChI=1S/C19H22N4O3/c1-12-8-9-15-14(11-12)20-16-17(21-19(26)22-18(16)25)23(15)10-6-4-3-5-7-13(2)24/h8-9,11,24H,2-7,10H2,1H3,(H,22,25,26). The molecule has 2 aliphatic heterocycles. The summed E-state index contributed by atoms with van der Waals surface area (Å²) >= 11 is 0. The lowest BCUT2D eigenvalue weighted by atomic mass is 10.1. The predicted octanol–water partition coefficient (Wildman–Crippen LogP) is 2.92. The summed E-state index contributed by atoms with van der Waals surface area (Å²) in [6, 6.07) is 5.84. The zero-order valence-corrected chi connectivity index (χ0v) is 14.8. The van der Waals surface area contributed by atoms with Crippen LogP contribution in [0.25, 0.3) is 22.6 Å². The molecule has 1 aromatic rings. The summed E-state index contributed by atoms with van der Waals surface area (Å²) in [4.78, 5) is 34.4. The van der Waals surface area contributed by atoms with Gasteiger partial charge in [0.1, 0.15) is 0 Å². The second-order valence-electron chi connectivity index (χ2n) is 6.53. The highest BCUT2D eigenvalue weighted by atomic mass is 16.3. The highest BCUT2D eigenvalue weighted by Gasteiger charge is 2.18. The monoisotopic (exact) mass is 354 g/mol. The third kappa shape index (κ3) is 3.82. The first-order valence-electron chi connectivity index (χ1n) is 8.73. The Morgan fingerprint density at radius 1 is 1.19 bits per heavy atom. The lowest BCUT2D eigenvalue weighted by molar-refractivity contribution is 0.383. The van der Waals surface area contributed by atoms with E-state index in [4.69, 9.17) is 5.11 Å². The van der Waals surface area contributed by atoms with E-state index >= 15 is 0 Å². The Balaban J connectivity index is 1.94. The van der Waals surface area contributed by atoms with Crippen molar-refractivity contribution in [3.05, 3.63) is 56.9 Å². The normalized spacial score (nSPS) is 11.3. The van der Waals surface area contributed by atoms with Crippen LogP contribution in [-0.4, -0.2) is 24.6 Å². The smallest absolute Gasteiger partial charge is 0.349 e. The fraction of sp³-hybridized carbons (Fsp3) is 0.368. The summed E-state index contributed by atoms with van der Waals surface area (Å²) in [5, 5.41) is 9.12. The number of aryl methyl sites for hydroxylation is 2. The molecule has 0 saturated carbocycles. The predicted molar refractivity (Wildman–Crippen MR) is 101 cm³/mol. The van der Waals surface area contributed by atoms with Crippen LogP contribution in [0.4, 0.5) is 0 Å². The van der Waals surface area contributed by atoms with Crippen molar-refractivity contribution in [3.8, 4) is 11.5 Å². The number of aliphatic hydroxyl groups excluding tert-OH is 1. The lowest BCUT2D eigenvalue weighted by Crippen LogP contribution is -2.28. The van der Waals surface area contributed by atoms with Crippen molar-refractivity contribution in [1.29, 1.82) is 0 Å². The number of benzene rings is 1. The molecule has 0 fully saturated rings. The van der Waals surface area contributed by atoms with Crippen LogP contribution in [0.3, 0.4) is 0 Å². The molecule has 2 aliphatic rings. The average molecular weight is 354 g/mol. The number of allylic oxidation sites excluding steroid dienone is 1. The van der Waals surface area contributed by atoms with E-state index in [0.29, 0.717) is 24.3 Å². The van der Waals surface area contributed by atoms with Crippen LogP contribution >= 0.6 is 0 Å². The molecule has 26 heavy (non-hydrogen) atoms. The van der Waals surface area contributed by atoms with Crippen molar-refractivity contribution in [1.82, 2.24) is 19.5 Å². The number of aromatic amines is 1. The third-order valence-corrected chi connectivity index (χ3v) is 4.36. The van der Waals surface area contributed by atoms with Gasteiger partial charge in [0.15, 0.2) is 11.5 Å². The summed E-state index contributed by atoms with van der Waals surface area (Å²) in [5.41, 5.74) is 1.61. The summed E-state index contributed by atoms with van der Waals surface area (Å²) in [6.45, 7) is 6.09. The number of rotatable bonds is 7. The van der Waals surface area contributed by atoms with Gasteiger partial charge in [-0.3, -0.25) is 9.78 Å². The van der Waals surface area contributed by atoms with Crippen LogP contribution in [0, 0.1) is 6.92 Å². The Kier molecular flexibility index (Phi) is 5.16. The van der Waals surface area contributed by atoms with Crippen LogP contribution < -0.4 is 11.2 Å². The summed E-state index contributed by atoms with van der Waals surface area (Å²) in [6.07, 6.45) is 4.31. The first kappa shape index (κ1) is 17.8. The third-order valence-electron chi connectivity index (χ3n) is 4.36. The molecule has 0 unspecified atom stereocenters. The fourth-order valence-corrected chi connectivity index (χ4v) is 3.09. The van der Waals surface area contributed by atoms with Crippen molar-refractivity contribution in [2.75, 3.05) is 0 Å². The maximum Gasteiger partial charge on any atom is 0.349 e. The molecule has 7 heteroatoms. The van der Waals surface area contributed by atoms with E-state index in [1.807, 2.05) is 29.7 Å². The topological polar surface area (TPSA) is 101 Å². The fourth-order valence-electron chi connectivity index (χ4n) is 3.09. The Labute approximate surface area is 150 Å². The van der Waals surface area contributed by atoms with Gasteiger partial charge in [0.05, 0.1) is 16.8 Å². The Bertz CT molecular complexity index is 1040. The van der Waals surface area contributed by atoms with E-state index in [2.05, 4.69) is 21.5 Å². The van der Waals surface area contributed by atoms with E-state index in [0.717, 1.165) is 36.8 Å². The second-order valence-corrected chi connectivity index (χ2v) is 6.53. The number of hydrogen-bond acceptors (Lipinski definition) is 5. The summed E-state index contributed by atoms with van der Waals surface area (Å²) in [5.74, 6) is 0.533. The van der Waals surface area contributed by atoms with Gasteiger partial charge in [-0.25, -0.2) is 9.78 Å². The molecule has 0 atom stereocenters. The van der Waals surface area contributed by atoms with E-state index < -0.39 is 11.2 Å². The molecular formula is C19H22N4O3. The van der Waals surface area contributed by atoms with Gasteiger partial charge in [0.2, 0.25) is 0 Å². The van der Waals surface area contributed by atoms with Crippen molar-refractivity contribution in [2.45, 2.75) is 45.6 Å². The van der Waals surface area contributed by atoms with Crippen LogP contribution in [-0.2, 0) is 6.54 Å². The number of nitrogens with zero attached hydrogens (tertiary/aromatic N) is 3. The number of unbranched alkanes of at least 4 members (excludes halogenated alkanes) is 3. The van der Waals surface area contributed by atoms with Crippen LogP contribution in [0.1, 0.15) is 37.7 Å². The quantitative estimate of drug-likeness (QED) is 0.386. The van der Waals surface area contributed by atoms with E-state index in [1.54, 1.807) is 0 Å². The first-order valence-corrected chi connectivity index (χ1v) is 8.73. The minimum Gasteiger partial charge on any atom is -0.513 e. The molecule has 2 N–H and O–H groups in total. The van der Waals surface area contributed by atoms with Crippen LogP contribution in [0.15, 0.2) is 40.1 Å². The van der Waals surface area contributed by atoms with Gasteiger partial charge >= 0.3 is 5.69 Å². The minimum absolute atomic E-state index is 0.180. The number of aromatic nitrogens is 4. The molecular weight excluding hydrogens is 332 g/mol. The second kappa shape index (κ2) is 7.51. The molecule has 1 aromatic carbocycles. The van der Waals surface area contributed by atoms with Crippen molar-refractivity contribution < 1.29 is 5.11 Å². The first-order chi connectivity index (χ1) is 12.5. The van der Waals surface area contributed by atoms with Gasteiger partial charge in [0, 0.05) is 13.0 Å². The molecule has 0 aromatic heterocycles. The van der Waals surface area contributed by atoms with Gasteiger partial charge in [0.25, 0.3) is 5.56 Å². The highest BCUT2D eigenvalue weighted by molar-refractivity contribution is 5.79. The molecule has 3 rings (SSSR count). The highest BCUT2D eigenvalue weighted by Crippen LogP contribution is 2.22. The molecule has 7 nitrogen and oxygen atoms in total. The zero-order valence-electron chi connectivity index (χ0n) is 14.8.